The number of pyridine rings is 1. The van der Waals surface area contributed by atoms with Gasteiger partial charge in [-0.3, -0.25) is 9.98 Å². The molecular weight excluding hydrogens is 476 g/mol. The Morgan fingerprint density at radius 1 is 0.816 bits per heavy atom. The van der Waals surface area contributed by atoms with E-state index in [1.54, 1.807) is 0 Å². The maximum Gasteiger partial charge on any atom is 0.0782 e. The molecule has 4 heterocycles. The fraction of sp³-hybridized carbons (Fsp3) is 0.333. The first-order valence-corrected chi connectivity index (χ1v) is 13.4. The van der Waals surface area contributed by atoms with Crippen LogP contribution in [0.5, 0.6) is 0 Å². The number of H-pyrrole nitrogens is 1. The second-order valence-corrected chi connectivity index (χ2v) is 9.63. The summed E-state index contributed by atoms with van der Waals surface area (Å²) in [6.07, 6.45) is 6.00. The van der Waals surface area contributed by atoms with Gasteiger partial charge in [-0.2, -0.15) is 0 Å². The van der Waals surface area contributed by atoms with Crippen LogP contribution in [-0.4, -0.2) is 67.8 Å². The summed E-state index contributed by atoms with van der Waals surface area (Å²) < 4.78 is 11.4. The Morgan fingerprint density at radius 2 is 1.61 bits per heavy atom. The van der Waals surface area contributed by atoms with Gasteiger partial charge < -0.3 is 30.4 Å². The van der Waals surface area contributed by atoms with Crippen molar-refractivity contribution in [2.45, 2.75) is 18.5 Å². The Kier molecular flexibility index (Phi) is 7.74. The van der Waals surface area contributed by atoms with Crippen LogP contribution < -0.4 is 16.0 Å². The van der Waals surface area contributed by atoms with Gasteiger partial charge in [-0.05, 0) is 23.8 Å². The second kappa shape index (κ2) is 11.9. The molecule has 0 spiro atoms. The van der Waals surface area contributed by atoms with Crippen molar-refractivity contribution in [3.8, 4) is 0 Å². The van der Waals surface area contributed by atoms with Crippen molar-refractivity contribution in [1.29, 1.82) is 0 Å². The van der Waals surface area contributed by atoms with Crippen molar-refractivity contribution >= 4 is 33.2 Å². The van der Waals surface area contributed by atoms with Gasteiger partial charge in [0.2, 0.25) is 0 Å². The summed E-state index contributed by atoms with van der Waals surface area (Å²) in [7, 11) is 0. The average Bonchev–Trinajstić information content (AvgIpc) is 3.53. The first kappa shape index (κ1) is 24.8. The molecule has 0 fully saturated rings. The van der Waals surface area contributed by atoms with Crippen molar-refractivity contribution in [3.63, 3.8) is 0 Å². The van der Waals surface area contributed by atoms with Gasteiger partial charge in [-0.1, -0.05) is 42.5 Å². The molecule has 0 bridgehead atoms. The number of nitrogens with zero attached hydrogens (tertiary/aromatic N) is 2. The van der Waals surface area contributed by atoms with Gasteiger partial charge in [-0.15, -0.1) is 0 Å². The minimum absolute atomic E-state index is 0.235. The van der Waals surface area contributed by atoms with Crippen LogP contribution >= 0.6 is 0 Å². The molecule has 2 unspecified atom stereocenters. The molecule has 2 atom stereocenters. The Hall–Kier alpha value is -3.56. The predicted molar refractivity (Wildman–Crippen MR) is 153 cm³/mol. The van der Waals surface area contributed by atoms with Crippen LogP contribution in [-0.2, 0) is 16.0 Å². The molecule has 0 aliphatic carbocycles. The van der Waals surface area contributed by atoms with Crippen LogP contribution in [0.4, 0.5) is 5.69 Å². The van der Waals surface area contributed by atoms with E-state index in [9.17, 15) is 0 Å². The predicted octanol–water partition coefficient (Wildman–Crippen LogP) is 3.97. The highest BCUT2D eigenvalue weighted by Crippen LogP contribution is 2.38. The molecule has 2 aliphatic rings. The highest BCUT2D eigenvalue weighted by atomic mass is 16.5. The van der Waals surface area contributed by atoms with Crippen molar-refractivity contribution in [1.82, 2.24) is 20.6 Å². The lowest BCUT2D eigenvalue weighted by molar-refractivity contribution is 0.0501. The zero-order valence-corrected chi connectivity index (χ0v) is 21.5. The van der Waals surface area contributed by atoms with Gasteiger partial charge in [-0.25, -0.2) is 0 Å². The second-order valence-electron chi connectivity index (χ2n) is 9.63. The van der Waals surface area contributed by atoms with E-state index in [2.05, 4.69) is 85.5 Å². The largest absolute Gasteiger partial charge is 0.378 e. The Balaban J connectivity index is 0.823. The quantitative estimate of drug-likeness (QED) is 0.203. The fourth-order valence-electron chi connectivity index (χ4n) is 5.33. The Labute approximate surface area is 222 Å². The number of hydrogen-bond acceptors (Lipinski definition) is 7. The van der Waals surface area contributed by atoms with E-state index in [-0.39, 0.29) is 6.04 Å². The number of fused-ring (bicyclic) bond motifs is 6. The zero-order valence-electron chi connectivity index (χ0n) is 21.5. The number of benzene rings is 2. The van der Waals surface area contributed by atoms with Crippen LogP contribution in [0.1, 0.15) is 17.2 Å². The van der Waals surface area contributed by atoms with Gasteiger partial charge in [0.25, 0.3) is 0 Å². The molecule has 2 aromatic heterocycles. The van der Waals surface area contributed by atoms with Crippen LogP contribution in [0.2, 0.25) is 0 Å². The minimum Gasteiger partial charge on any atom is -0.378 e. The minimum atomic E-state index is 0.235. The van der Waals surface area contributed by atoms with E-state index in [1.165, 1.54) is 22.0 Å². The van der Waals surface area contributed by atoms with E-state index in [4.69, 9.17) is 9.47 Å². The molecule has 0 saturated carbocycles. The third-order valence-corrected chi connectivity index (χ3v) is 7.21. The molecular formula is C30H34N6O2. The van der Waals surface area contributed by atoms with Gasteiger partial charge >= 0.3 is 0 Å². The summed E-state index contributed by atoms with van der Waals surface area (Å²) in [5, 5.41) is 13.0. The molecule has 4 aromatic rings. The van der Waals surface area contributed by atoms with Crippen molar-refractivity contribution < 1.29 is 9.47 Å². The summed E-state index contributed by atoms with van der Waals surface area (Å²) in [6, 6.07) is 19.2. The molecule has 2 aliphatic heterocycles. The van der Waals surface area contributed by atoms with E-state index in [0.29, 0.717) is 38.9 Å². The van der Waals surface area contributed by atoms with Crippen LogP contribution in [0, 0.1) is 0 Å². The average molecular weight is 511 g/mol. The third kappa shape index (κ3) is 5.35. The van der Waals surface area contributed by atoms with Gasteiger partial charge in [0.05, 0.1) is 49.4 Å². The normalized spacial score (nSPS) is 17.9. The summed E-state index contributed by atoms with van der Waals surface area (Å²) in [4.78, 5) is 12.7. The van der Waals surface area contributed by atoms with Crippen LogP contribution in [0.25, 0.3) is 21.8 Å². The number of nitrogens with one attached hydrogen (secondary N) is 4. The summed E-state index contributed by atoms with van der Waals surface area (Å²) in [5.74, 6) is 0.363. The number of para-hydroxylation sites is 2. The fourth-order valence-corrected chi connectivity index (χ4v) is 5.33. The first-order chi connectivity index (χ1) is 18.9. The molecule has 0 saturated heterocycles. The summed E-state index contributed by atoms with van der Waals surface area (Å²) >= 11 is 0. The van der Waals surface area contributed by atoms with E-state index in [0.717, 1.165) is 42.1 Å². The molecule has 0 radical (unpaired) electrons. The first-order valence-electron chi connectivity index (χ1n) is 13.4. The smallest absolute Gasteiger partial charge is 0.0782 e. The maximum atomic E-state index is 5.72. The molecule has 38 heavy (non-hydrogen) atoms. The molecule has 6 rings (SSSR count). The lowest BCUT2D eigenvalue weighted by atomic mass is 9.90. The maximum absolute atomic E-state index is 5.72. The van der Waals surface area contributed by atoms with Crippen molar-refractivity contribution in [2.75, 3.05) is 51.4 Å². The zero-order chi connectivity index (χ0) is 25.6. The lowest BCUT2D eigenvalue weighted by Crippen LogP contribution is -2.39. The van der Waals surface area contributed by atoms with E-state index >= 15 is 0 Å². The van der Waals surface area contributed by atoms with Gasteiger partial charge in [0, 0.05) is 66.5 Å². The highest BCUT2D eigenvalue weighted by molar-refractivity contribution is 6.07. The molecule has 8 nitrogen and oxygen atoms in total. The standard InChI is InChI=1S/C30H34N6O2/c1-3-7-25-21(5-1)23-9-11-33-27(29(23)35-25)19-31-13-15-37-17-18-38-16-14-32-20-28-30-24(10-12-34-28)22-6-2-4-8-26(22)36-30/h1-12,23,29,31-32,35-36H,13-20H2. The number of aromatic nitrogens is 2. The van der Waals surface area contributed by atoms with E-state index in [1.807, 2.05) is 18.5 Å². The summed E-state index contributed by atoms with van der Waals surface area (Å²) in [5.41, 5.74) is 6.96. The number of hydrogen-bond donors (Lipinski definition) is 4. The van der Waals surface area contributed by atoms with Crippen LogP contribution in [0.3, 0.4) is 0 Å². The number of ether oxygens (including phenoxy) is 2. The number of anilines is 1. The topological polar surface area (TPSA) is 95.6 Å². The molecule has 4 N–H and O–H groups in total. The van der Waals surface area contributed by atoms with Gasteiger partial charge in [0.15, 0.2) is 0 Å². The third-order valence-electron chi connectivity index (χ3n) is 7.21. The highest BCUT2D eigenvalue weighted by Gasteiger charge is 2.34. The number of aromatic amines is 1. The van der Waals surface area contributed by atoms with Crippen LogP contribution in [0.15, 0.2) is 78.1 Å². The molecule has 2 aromatic carbocycles. The SMILES string of the molecule is C1=CC2c3ccccc3NC2C(CNCCOCCOCCNCc2nccc3c2[nH]c2ccccc23)=N1. The molecule has 196 valence electrons. The summed E-state index contributed by atoms with van der Waals surface area (Å²) in [6.45, 7) is 5.43. The van der Waals surface area contributed by atoms with Gasteiger partial charge in [0.1, 0.15) is 0 Å². The van der Waals surface area contributed by atoms with Crippen molar-refractivity contribution in [2.24, 2.45) is 4.99 Å². The number of aliphatic imine (C=N–C) groups is 1. The van der Waals surface area contributed by atoms with E-state index < -0.39 is 0 Å². The molecule has 0 amide bonds. The Morgan fingerprint density at radius 3 is 2.50 bits per heavy atom. The molecule has 8 heteroatoms. The monoisotopic (exact) mass is 510 g/mol. The Bertz CT molecular complexity index is 1450. The van der Waals surface area contributed by atoms with Crippen molar-refractivity contribution in [3.05, 3.63) is 84.3 Å². The number of rotatable bonds is 13. The lowest BCUT2D eigenvalue weighted by Gasteiger charge is -2.23.